The van der Waals surface area contributed by atoms with Gasteiger partial charge in [-0.05, 0) is 107 Å². The molecule has 0 spiro atoms. The Bertz CT molecular complexity index is 4400. The van der Waals surface area contributed by atoms with Crippen molar-refractivity contribution in [2.24, 2.45) is 0 Å². The van der Waals surface area contributed by atoms with Gasteiger partial charge in [0.05, 0.1) is 39.8 Å². The van der Waals surface area contributed by atoms with Crippen LogP contribution in [0.25, 0.3) is 98.8 Å². The van der Waals surface area contributed by atoms with Crippen LogP contribution in [0.3, 0.4) is 0 Å². The van der Waals surface area contributed by atoms with Gasteiger partial charge >= 0.3 is 0 Å². The first-order chi connectivity index (χ1) is 36.4. The normalized spacial score (nSPS) is 20.0. The van der Waals surface area contributed by atoms with Crippen LogP contribution in [-0.4, -0.2) is 0 Å². The van der Waals surface area contributed by atoms with E-state index in [1.54, 1.807) is 0 Å². The van der Waals surface area contributed by atoms with Gasteiger partial charge < -0.3 is 4.42 Å². The Morgan fingerprint density at radius 3 is 1.61 bits per heavy atom. The topological polar surface area (TPSA) is 13.1 Å². The summed E-state index contributed by atoms with van der Waals surface area (Å²) < 4.78 is 265. The minimum Gasteiger partial charge on any atom is -0.456 e. The number of rotatable bonds is 4. The van der Waals surface area contributed by atoms with Gasteiger partial charge in [-0.1, -0.05) is 151 Å². The Kier molecular flexibility index (Phi) is 2.56. The fourth-order valence-electron chi connectivity index (χ4n) is 5.83. The number of hydrogen-bond acceptors (Lipinski definition) is 1. The second-order valence-electron chi connectivity index (χ2n) is 10.6. The fourth-order valence-corrected chi connectivity index (χ4v) is 5.83. The van der Waals surface area contributed by atoms with Crippen LogP contribution in [0.1, 0.15) is 39.8 Å². The molecule has 0 radical (unpaired) electrons. The zero-order valence-corrected chi connectivity index (χ0v) is 24.5. The molecule has 1 heteroatoms. The van der Waals surface area contributed by atoms with E-state index in [-0.39, 0.29) is 0 Å². The first kappa shape index (κ1) is 11.3. The van der Waals surface area contributed by atoms with Gasteiger partial charge in [0.2, 0.25) is 0 Å². The summed E-state index contributed by atoms with van der Waals surface area (Å²) in [5, 5.41) is -4.62. The quantitative estimate of drug-likeness (QED) is 0.173. The van der Waals surface area contributed by atoms with Crippen molar-refractivity contribution in [1.29, 1.82) is 0 Å². The van der Waals surface area contributed by atoms with E-state index < -0.39 is 274 Å². The van der Waals surface area contributed by atoms with Crippen LogP contribution in [-0.2, 0) is 0 Å². The Balaban J connectivity index is 1.34. The maximum absolute atomic E-state index is 9.74. The molecule has 0 atom stereocenters. The summed E-state index contributed by atoms with van der Waals surface area (Å²) in [4.78, 5) is 0. The van der Waals surface area contributed by atoms with Gasteiger partial charge in [0.15, 0.2) is 0 Å². The van der Waals surface area contributed by atoms with E-state index in [2.05, 4.69) is 0 Å². The molecule has 0 amide bonds. The van der Waals surface area contributed by atoms with Crippen LogP contribution in [0.2, 0.25) is 0 Å². The van der Waals surface area contributed by atoms with Crippen LogP contribution in [0.4, 0.5) is 0 Å². The summed E-state index contributed by atoms with van der Waals surface area (Å²) in [6.07, 6.45) is 0. The van der Waals surface area contributed by atoms with Gasteiger partial charge in [0.25, 0.3) is 0 Å². The van der Waals surface area contributed by atoms with E-state index in [1.807, 2.05) is 0 Å². The summed E-state index contributed by atoms with van der Waals surface area (Å²) in [5.41, 5.74) is -6.48. The van der Waals surface area contributed by atoms with Crippen molar-refractivity contribution in [2.75, 3.05) is 0 Å². The molecule has 49 heavy (non-hydrogen) atoms. The molecule has 0 unspecified atom stereocenters. The van der Waals surface area contributed by atoms with Gasteiger partial charge in [-0.3, -0.25) is 0 Å². The van der Waals surface area contributed by atoms with E-state index in [1.165, 1.54) is 0 Å². The molecule has 0 aliphatic heterocycles. The molecule has 0 fully saturated rings. The van der Waals surface area contributed by atoms with Gasteiger partial charge in [0, 0.05) is 10.8 Å². The molecule has 9 aromatic carbocycles. The lowest BCUT2D eigenvalue weighted by Gasteiger charge is -2.18. The molecule has 1 aromatic heterocycles. The summed E-state index contributed by atoms with van der Waals surface area (Å²) in [6.45, 7) is 0. The Morgan fingerprint density at radius 1 is 0.347 bits per heavy atom. The van der Waals surface area contributed by atoms with Crippen molar-refractivity contribution in [3.63, 3.8) is 0 Å². The highest BCUT2D eigenvalue weighted by molar-refractivity contribution is 6.21. The summed E-state index contributed by atoms with van der Waals surface area (Å²) in [7, 11) is 0. The smallest absolute Gasteiger partial charge is 0.136 e. The molecule has 10 aromatic rings. The maximum Gasteiger partial charge on any atom is 0.136 e. The SMILES string of the molecule is [2H]c1cc2c([2H])c(-c3c([2H])c([2H])c4c(oc5c([2H])c([2H])c([2H])c(-c6c([2H])c([2H])c([2H])c([2H])c6[2H])c54)c3[2H])c([2H])c([2H])c2c([2H])c1-c1c2c([2H])c([2H])c([2H])c([2H])c2c(-c2c([2H])c([2H])c([2H])c([2H])c2[2H])c2c([2H])c([2H])c([2H])c([2H])c12. The Hall–Kier alpha value is -6.44. The Morgan fingerprint density at radius 2 is 0.918 bits per heavy atom. The van der Waals surface area contributed by atoms with Crippen molar-refractivity contribution in [3.05, 3.63) is 181 Å². The van der Waals surface area contributed by atoms with E-state index >= 15 is 0 Å². The molecule has 10 rings (SSSR count). The number of benzene rings is 9. The van der Waals surface area contributed by atoms with E-state index in [9.17, 15) is 16.4 Å². The Labute approximate surface area is 325 Å². The van der Waals surface area contributed by atoms with Crippen LogP contribution in [0.5, 0.6) is 0 Å². The fraction of sp³-hybridized carbons (Fsp3) is 0. The molecule has 0 bridgehead atoms. The van der Waals surface area contributed by atoms with Gasteiger partial charge in [0.1, 0.15) is 11.2 Å². The predicted octanol–water partition coefficient (Wildman–Crippen LogP) is 13.7. The van der Waals surface area contributed by atoms with Gasteiger partial charge in [-0.15, -0.1) is 0 Å². The first-order valence-electron chi connectivity index (χ1n) is 29.0. The third kappa shape index (κ3) is 4.47. The second kappa shape index (κ2) is 11.1. The van der Waals surface area contributed by atoms with E-state index in [0.29, 0.717) is 0 Å². The van der Waals surface area contributed by atoms with Gasteiger partial charge in [-0.2, -0.15) is 0 Å². The summed E-state index contributed by atoms with van der Waals surface area (Å²) >= 11 is 0. The highest BCUT2D eigenvalue weighted by Crippen LogP contribution is 2.44. The minimum atomic E-state index is -0.973. The van der Waals surface area contributed by atoms with Crippen molar-refractivity contribution in [3.8, 4) is 44.5 Å². The lowest BCUT2D eigenvalue weighted by atomic mass is 9.85. The highest BCUT2D eigenvalue weighted by atomic mass is 16.3. The van der Waals surface area contributed by atoms with Crippen molar-refractivity contribution in [2.45, 2.75) is 0 Å². The molecule has 0 N–H and O–H groups in total. The standard InChI is InChI=1S/C48H30O/c1-3-12-31(13-4-1)38-20-11-21-44-48(38)43-27-26-36(30-45(43)49-44)34-22-23-35-29-37(25-24-33(35)28-34)47-41-18-9-7-16-39(41)46(32-14-5-2-6-15-32)40-17-8-10-19-42(40)47/h1-30H/i1D,2D,3D,4D,5D,6D,7D,8D,9D,10D,11D,12D,13D,14D,15D,16D,17D,18D,19D,20D,21D,22D,23D,25D,26D,27D,28D,29D,30D. The van der Waals surface area contributed by atoms with Crippen LogP contribution >= 0.6 is 0 Å². The van der Waals surface area contributed by atoms with Crippen LogP contribution in [0, 0.1) is 0 Å². The average Bonchev–Trinajstić information content (AvgIpc) is 3.97. The summed E-state index contributed by atoms with van der Waals surface area (Å²) in [6, 6.07) is -24.7. The van der Waals surface area contributed by atoms with Crippen LogP contribution < -0.4 is 0 Å². The minimum absolute atomic E-state index is 0.439. The molecule has 1 heterocycles. The largest absolute Gasteiger partial charge is 0.456 e. The molecular formula is C48H30O. The zero-order valence-electron chi connectivity index (χ0n) is 53.5. The molecule has 0 saturated carbocycles. The van der Waals surface area contributed by atoms with Crippen molar-refractivity contribution >= 4 is 54.3 Å². The van der Waals surface area contributed by atoms with Gasteiger partial charge in [-0.25, -0.2) is 0 Å². The third-order valence-corrected chi connectivity index (χ3v) is 7.90. The number of fused-ring (bicyclic) bond motifs is 6. The van der Waals surface area contributed by atoms with Crippen molar-refractivity contribution < 1.29 is 44.2 Å². The predicted molar refractivity (Wildman–Crippen MR) is 208 cm³/mol. The lowest BCUT2D eigenvalue weighted by molar-refractivity contribution is 0.669. The van der Waals surface area contributed by atoms with Crippen molar-refractivity contribution in [1.82, 2.24) is 0 Å². The van der Waals surface area contributed by atoms with E-state index in [4.69, 9.17) is 27.7 Å². The molecule has 228 valence electrons. The van der Waals surface area contributed by atoms with Crippen LogP contribution in [0.15, 0.2) is 186 Å². The average molecular weight is 652 g/mol. The monoisotopic (exact) mass is 651 g/mol. The molecule has 0 saturated heterocycles. The summed E-state index contributed by atoms with van der Waals surface area (Å²) in [5.74, 6) is 0. The number of furan rings is 1. The lowest BCUT2D eigenvalue weighted by Crippen LogP contribution is -1.90. The highest BCUT2D eigenvalue weighted by Gasteiger charge is 2.17. The molecule has 0 aliphatic carbocycles. The first-order valence-corrected chi connectivity index (χ1v) is 14.5. The maximum atomic E-state index is 9.74. The molecule has 1 nitrogen and oxygen atoms in total. The zero-order chi connectivity index (χ0) is 57.5. The third-order valence-electron chi connectivity index (χ3n) is 7.90. The molecular weight excluding hydrogens is 593 g/mol. The molecule has 0 aliphatic rings. The second-order valence-corrected chi connectivity index (χ2v) is 10.6. The number of hydrogen-bond donors (Lipinski definition) is 0. The van der Waals surface area contributed by atoms with E-state index in [0.717, 1.165) is 6.07 Å².